The smallest absolute Gasteiger partial charge is 0.162 e. The zero-order valence-electron chi connectivity index (χ0n) is 12.2. The highest BCUT2D eigenvalue weighted by atomic mass is 16.5. The molecule has 1 atom stereocenters. The lowest BCUT2D eigenvalue weighted by Gasteiger charge is -2.30. The molecule has 2 aliphatic rings. The average molecular weight is 252 g/mol. The van der Waals surface area contributed by atoms with Gasteiger partial charge in [-0.3, -0.25) is 4.79 Å². The third kappa shape index (κ3) is 4.72. The van der Waals surface area contributed by atoms with E-state index in [1.54, 1.807) is 0 Å². The molecule has 0 aromatic rings. The summed E-state index contributed by atoms with van der Waals surface area (Å²) < 4.78 is 5.93. The van der Waals surface area contributed by atoms with Gasteiger partial charge in [0.15, 0.2) is 5.78 Å². The summed E-state index contributed by atoms with van der Waals surface area (Å²) in [6.07, 6.45) is 8.03. The Balaban J connectivity index is 1.82. The van der Waals surface area contributed by atoms with E-state index in [4.69, 9.17) is 4.74 Å². The lowest BCUT2D eigenvalue weighted by atomic mass is 9.79. The first-order chi connectivity index (χ1) is 8.44. The fourth-order valence-electron chi connectivity index (χ4n) is 2.50. The molecule has 2 fully saturated rings. The normalized spacial score (nSPS) is 22.6. The van der Waals surface area contributed by atoms with Crippen molar-refractivity contribution in [1.82, 2.24) is 0 Å². The molecule has 2 nitrogen and oxygen atoms in total. The van der Waals surface area contributed by atoms with Gasteiger partial charge >= 0.3 is 0 Å². The van der Waals surface area contributed by atoms with Crippen LogP contribution >= 0.6 is 0 Å². The van der Waals surface area contributed by atoms with Gasteiger partial charge in [0.25, 0.3) is 0 Å². The van der Waals surface area contributed by atoms with E-state index < -0.39 is 0 Å². The number of rotatable bonds is 7. The fourth-order valence-corrected chi connectivity index (χ4v) is 2.50. The van der Waals surface area contributed by atoms with Crippen LogP contribution in [0.1, 0.15) is 65.7 Å². The molecule has 0 radical (unpaired) electrons. The highest BCUT2D eigenvalue weighted by Crippen LogP contribution is 2.34. The molecule has 0 bridgehead atoms. The molecule has 0 N–H and O–H groups in total. The van der Waals surface area contributed by atoms with Crippen molar-refractivity contribution in [2.24, 2.45) is 17.3 Å². The van der Waals surface area contributed by atoms with Crippen LogP contribution in [0.25, 0.3) is 0 Å². The number of Topliss-reactive ketones (excluding diaryl/α,β-unsaturated/α-hetero) is 1. The number of hydrogen-bond acceptors (Lipinski definition) is 2. The first-order valence-corrected chi connectivity index (χ1v) is 7.58. The summed E-state index contributed by atoms with van der Waals surface area (Å²) in [4.78, 5) is 12.3. The Kier molecular flexibility index (Phi) is 4.47. The van der Waals surface area contributed by atoms with Gasteiger partial charge in [0.05, 0.1) is 6.61 Å². The average Bonchev–Trinajstić information content (AvgIpc) is 2.95. The predicted octanol–water partition coefficient (Wildman–Crippen LogP) is 3.98. The van der Waals surface area contributed by atoms with Crippen LogP contribution in [-0.2, 0) is 9.53 Å². The second-order valence-corrected chi connectivity index (χ2v) is 7.50. The van der Waals surface area contributed by atoms with Gasteiger partial charge in [-0.1, -0.05) is 40.0 Å². The Morgan fingerprint density at radius 3 is 2.28 bits per heavy atom. The topological polar surface area (TPSA) is 26.3 Å². The fraction of sp³-hybridized carbons (Fsp3) is 0.938. The minimum Gasteiger partial charge on any atom is -0.370 e. The molecule has 104 valence electrons. The molecule has 18 heavy (non-hydrogen) atoms. The molecule has 0 aromatic carbocycles. The van der Waals surface area contributed by atoms with Gasteiger partial charge in [0.1, 0.15) is 6.10 Å². The maximum atomic E-state index is 12.3. The summed E-state index contributed by atoms with van der Waals surface area (Å²) in [5, 5.41) is 0. The Hall–Kier alpha value is -0.370. The molecule has 2 rings (SSSR count). The Bertz CT molecular complexity index is 282. The zero-order valence-corrected chi connectivity index (χ0v) is 12.2. The van der Waals surface area contributed by atoms with Crippen molar-refractivity contribution in [2.75, 3.05) is 6.61 Å². The minimum atomic E-state index is -0.116. The molecule has 0 amide bonds. The van der Waals surface area contributed by atoms with Crippen molar-refractivity contribution in [2.45, 2.75) is 71.8 Å². The molecule has 0 saturated heterocycles. The maximum absolute atomic E-state index is 12.3. The van der Waals surface area contributed by atoms with Crippen molar-refractivity contribution < 1.29 is 9.53 Å². The van der Waals surface area contributed by atoms with E-state index in [9.17, 15) is 4.79 Å². The van der Waals surface area contributed by atoms with Crippen LogP contribution in [0, 0.1) is 17.3 Å². The largest absolute Gasteiger partial charge is 0.370 e. The number of hydrogen-bond donors (Lipinski definition) is 0. The number of ketones is 1. The summed E-state index contributed by atoms with van der Waals surface area (Å²) in [5.74, 6) is 1.82. The summed E-state index contributed by atoms with van der Waals surface area (Å²) in [7, 11) is 0. The Labute approximate surface area is 111 Å². The SMILES string of the molecule is CC(C)(C)CC(=O)C(CC1CCC1)OCC1CC1. The first kappa shape index (κ1) is 14.0. The lowest BCUT2D eigenvalue weighted by molar-refractivity contribution is -0.134. The highest BCUT2D eigenvalue weighted by Gasteiger charge is 2.31. The number of ether oxygens (including phenoxy) is 1. The molecule has 0 aromatic heterocycles. The van der Waals surface area contributed by atoms with Crippen LogP contribution in [0.15, 0.2) is 0 Å². The summed E-state index contributed by atoms with van der Waals surface area (Å²) in [6, 6.07) is 0. The third-order valence-electron chi connectivity index (χ3n) is 4.07. The summed E-state index contributed by atoms with van der Waals surface area (Å²) in [5.41, 5.74) is 0.0812. The van der Waals surface area contributed by atoms with Crippen LogP contribution in [0.4, 0.5) is 0 Å². The first-order valence-electron chi connectivity index (χ1n) is 7.58. The van der Waals surface area contributed by atoms with Crippen LogP contribution < -0.4 is 0 Å². The molecule has 0 aliphatic heterocycles. The number of carbonyl (C=O) groups is 1. The second kappa shape index (κ2) is 5.73. The predicted molar refractivity (Wildman–Crippen MR) is 73.5 cm³/mol. The van der Waals surface area contributed by atoms with Crippen molar-refractivity contribution in [3.8, 4) is 0 Å². The van der Waals surface area contributed by atoms with E-state index in [0.29, 0.717) is 12.2 Å². The Morgan fingerprint density at radius 1 is 1.17 bits per heavy atom. The molecule has 2 aliphatic carbocycles. The van der Waals surface area contributed by atoms with Crippen molar-refractivity contribution in [3.63, 3.8) is 0 Å². The molecule has 0 heterocycles. The van der Waals surface area contributed by atoms with Gasteiger partial charge in [-0.05, 0) is 36.5 Å². The number of carbonyl (C=O) groups excluding carboxylic acids is 1. The van der Waals surface area contributed by atoms with Crippen molar-refractivity contribution in [1.29, 1.82) is 0 Å². The van der Waals surface area contributed by atoms with Crippen molar-refractivity contribution in [3.05, 3.63) is 0 Å². The highest BCUT2D eigenvalue weighted by molar-refractivity contribution is 5.83. The quantitative estimate of drug-likeness (QED) is 0.685. The maximum Gasteiger partial charge on any atom is 0.162 e. The van der Waals surface area contributed by atoms with E-state index in [1.807, 2.05) is 0 Å². The molecule has 2 heteroatoms. The molecular formula is C16H28O2. The van der Waals surface area contributed by atoms with Gasteiger partial charge < -0.3 is 4.74 Å². The van der Waals surface area contributed by atoms with E-state index in [1.165, 1.54) is 32.1 Å². The van der Waals surface area contributed by atoms with E-state index in [0.717, 1.165) is 24.9 Å². The van der Waals surface area contributed by atoms with Gasteiger partial charge in [-0.15, -0.1) is 0 Å². The van der Waals surface area contributed by atoms with Gasteiger partial charge in [0.2, 0.25) is 0 Å². The van der Waals surface area contributed by atoms with E-state index in [-0.39, 0.29) is 11.5 Å². The molecule has 0 spiro atoms. The van der Waals surface area contributed by atoms with Crippen molar-refractivity contribution >= 4 is 5.78 Å². The zero-order chi connectivity index (χ0) is 13.2. The molecular weight excluding hydrogens is 224 g/mol. The van der Waals surface area contributed by atoms with Crippen LogP contribution in [-0.4, -0.2) is 18.5 Å². The molecule has 1 unspecified atom stereocenters. The minimum absolute atomic E-state index is 0.0812. The monoisotopic (exact) mass is 252 g/mol. The third-order valence-corrected chi connectivity index (χ3v) is 4.07. The standard InChI is InChI=1S/C16H28O2/c1-16(2,3)10-14(17)15(9-12-5-4-6-12)18-11-13-7-8-13/h12-13,15H,4-11H2,1-3H3. The molecule has 2 saturated carbocycles. The van der Waals surface area contributed by atoms with Crippen LogP contribution in [0.2, 0.25) is 0 Å². The van der Waals surface area contributed by atoms with E-state index in [2.05, 4.69) is 20.8 Å². The summed E-state index contributed by atoms with van der Waals surface area (Å²) in [6.45, 7) is 7.21. The van der Waals surface area contributed by atoms with Crippen LogP contribution in [0.5, 0.6) is 0 Å². The van der Waals surface area contributed by atoms with Gasteiger partial charge in [0, 0.05) is 6.42 Å². The van der Waals surface area contributed by atoms with Gasteiger partial charge in [-0.2, -0.15) is 0 Å². The lowest BCUT2D eigenvalue weighted by Crippen LogP contribution is -2.32. The van der Waals surface area contributed by atoms with Gasteiger partial charge in [-0.25, -0.2) is 0 Å². The second-order valence-electron chi connectivity index (χ2n) is 7.50. The summed E-state index contributed by atoms with van der Waals surface area (Å²) >= 11 is 0. The van der Waals surface area contributed by atoms with Crippen LogP contribution in [0.3, 0.4) is 0 Å². The van der Waals surface area contributed by atoms with E-state index >= 15 is 0 Å². The Morgan fingerprint density at radius 2 is 1.83 bits per heavy atom.